The summed E-state index contributed by atoms with van der Waals surface area (Å²) >= 11 is 12.3. The van der Waals surface area contributed by atoms with Gasteiger partial charge in [-0.25, -0.2) is 4.68 Å². The molecule has 1 amide bonds. The van der Waals surface area contributed by atoms with Crippen molar-refractivity contribution in [2.75, 3.05) is 5.32 Å². The van der Waals surface area contributed by atoms with Gasteiger partial charge < -0.3 is 9.73 Å². The number of halogens is 2. The van der Waals surface area contributed by atoms with Crippen LogP contribution in [0.2, 0.25) is 10.0 Å². The van der Waals surface area contributed by atoms with Crippen molar-refractivity contribution in [3.8, 4) is 0 Å². The number of nitrogens with one attached hydrogen (secondary N) is 1. The fourth-order valence-corrected chi connectivity index (χ4v) is 2.73. The molecule has 0 saturated carbocycles. The average molecular weight is 350 g/mol. The maximum absolute atomic E-state index is 12.1. The van der Waals surface area contributed by atoms with Crippen molar-refractivity contribution in [1.29, 1.82) is 0 Å². The van der Waals surface area contributed by atoms with Crippen LogP contribution in [0.3, 0.4) is 0 Å². The second kappa shape index (κ2) is 6.48. The molecule has 0 spiro atoms. The van der Waals surface area contributed by atoms with E-state index in [1.54, 1.807) is 41.2 Å². The van der Waals surface area contributed by atoms with Gasteiger partial charge in [0.15, 0.2) is 0 Å². The second-order valence-corrected chi connectivity index (χ2v) is 5.81. The first-order valence-corrected chi connectivity index (χ1v) is 7.64. The maximum atomic E-state index is 12.1. The van der Waals surface area contributed by atoms with Crippen molar-refractivity contribution < 1.29 is 9.21 Å². The van der Waals surface area contributed by atoms with E-state index in [1.807, 2.05) is 6.92 Å². The van der Waals surface area contributed by atoms with E-state index < -0.39 is 0 Å². The molecular formula is C16H13Cl2N3O2. The van der Waals surface area contributed by atoms with Gasteiger partial charge in [-0.1, -0.05) is 23.2 Å². The SMILES string of the molecule is C[C@H](c1cc(Cl)ccc1Cl)n1nccc1NC(=O)c1ccoc1. The first-order valence-electron chi connectivity index (χ1n) is 6.88. The average Bonchev–Trinajstić information content (AvgIpc) is 3.20. The van der Waals surface area contributed by atoms with Crippen molar-refractivity contribution in [1.82, 2.24) is 9.78 Å². The predicted octanol–water partition coefficient (Wildman–Crippen LogP) is 4.64. The van der Waals surface area contributed by atoms with Gasteiger partial charge >= 0.3 is 0 Å². The summed E-state index contributed by atoms with van der Waals surface area (Å²) in [5.74, 6) is 0.282. The third-order valence-corrected chi connectivity index (χ3v) is 4.05. The van der Waals surface area contributed by atoms with E-state index in [0.29, 0.717) is 21.4 Å². The molecule has 0 radical (unpaired) electrons. The van der Waals surface area contributed by atoms with Crippen LogP contribution in [0.5, 0.6) is 0 Å². The molecule has 0 saturated heterocycles. The molecule has 23 heavy (non-hydrogen) atoms. The highest BCUT2D eigenvalue weighted by Gasteiger charge is 2.18. The molecule has 0 aliphatic rings. The van der Waals surface area contributed by atoms with E-state index >= 15 is 0 Å². The lowest BCUT2D eigenvalue weighted by atomic mass is 10.1. The number of carbonyl (C=O) groups is 1. The first-order chi connectivity index (χ1) is 11.1. The van der Waals surface area contributed by atoms with Gasteiger partial charge in [0.1, 0.15) is 12.1 Å². The number of aromatic nitrogens is 2. The molecule has 118 valence electrons. The minimum Gasteiger partial charge on any atom is -0.472 e. The van der Waals surface area contributed by atoms with Crippen LogP contribution < -0.4 is 5.32 Å². The lowest BCUT2D eigenvalue weighted by Crippen LogP contribution is -2.18. The topological polar surface area (TPSA) is 60.1 Å². The normalized spacial score (nSPS) is 12.1. The Balaban J connectivity index is 1.88. The van der Waals surface area contributed by atoms with Crippen LogP contribution in [0.4, 0.5) is 5.82 Å². The monoisotopic (exact) mass is 349 g/mol. The molecule has 1 atom stereocenters. The number of amides is 1. The number of rotatable bonds is 4. The van der Waals surface area contributed by atoms with Crippen molar-refractivity contribution in [3.05, 3.63) is 70.2 Å². The van der Waals surface area contributed by atoms with Crippen molar-refractivity contribution >= 4 is 34.9 Å². The van der Waals surface area contributed by atoms with Gasteiger partial charge in [-0.2, -0.15) is 5.10 Å². The minimum absolute atomic E-state index is 0.198. The summed E-state index contributed by atoms with van der Waals surface area (Å²) in [6.45, 7) is 1.93. The standard InChI is InChI=1S/C16H13Cl2N3O2/c1-10(13-8-12(17)2-3-14(13)18)21-15(4-6-19-21)20-16(22)11-5-7-23-9-11/h2-10H,1H3,(H,20,22)/t10-/m1/s1. The summed E-state index contributed by atoms with van der Waals surface area (Å²) < 4.78 is 6.59. The predicted molar refractivity (Wildman–Crippen MR) is 89.2 cm³/mol. The van der Waals surface area contributed by atoms with Crippen LogP contribution >= 0.6 is 23.2 Å². The molecule has 0 bridgehead atoms. The summed E-state index contributed by atoms with van der Waals surface area (Å²) in [7, 11) is 0. The van der Waals surface area contributed by atoms with Gasteiger partial charge in [-0.3, -0.25) is 4.79 Å². The van der Waals surface area contributed by atoms with E-state index in [2.05, 4.69) is 10.4 Å². The van der Waals surface area contributed by atoms with Crippen LogP contribution in [0, 0.1) is 0 Å². The smallest absolute Gasteiger partial charge is 0.260 e. The lowest BCUT2D eigenvalue weighted by molar-refractivity contribution is 0.102. The minimum atomic E-state index is -0.273. The molecule has 1 aromatic carbocycles. The number of hydrogen-bond acceptors (Lipinski definition) is 3. The quantitative estimate of drug-likeness (QED) is 0.745. The molecule has 0 unspecified atom stereocenters. The summed E-state index contributed by atoms with van der Waals surface area (Å²) in [5.41, 5.74) is 1.26. The zero-order valence-corrected chi connectivity index (χ0v) is 13.7. The van der Waals surface area contributed by atoms with Gasteiger partial charge in [0.25, 0.3) is 5.91 Å². The molecule has 0 aliphatic heterocycles. The van der Waals surface area contributed by atoms with Crippen LogP contribution in [0.25, 0.3) is 0 Å². The molecule has 2 aromatic heterocycles. The van der Waals surface area contributed by atoms with E-state index in [-0.39, 0.29) is 11.9 Å². The highest BCUT2D eigenvalue weighted by Crippen LogP contribution is 2.30. The molecular weight excluding hydrogens is 337 g/mol. The van der Waals surface area contributed by atoms with E-state index in [4.69, 9.17) is 27.6 Å². The highest BCUT2D eigenvalue weighted by molar-refractivity contribution is 6.33. The Bertz CT molecular complexity index is 828. The van der Waals surface area contributed by atoms with Gasteiger partial charge in [0.2, 0.25) is 0 Å². The Morgan fingerprint density at radius 3 is 2.87 bits per heavy atom. The molecule has 7 heteroatoms. The van der Waals surface area contributed by atoms with Crippen molar-refractivity contribution in [2.24, 2.45) is 0 Å². The number of anilines is 1. The fraction of sp³-hybridized carbons (Fsp3) is 0.125. The van der Waals surface area contributed by atoms with Gasteiger partial charge in [-0.05, 0) is 36.8 Å². The van der Waals surface area contributed by atoms with Crippen LogP contribution in [0.1, 0.15) is 28.9 Å². The Hall–Kier alpha value is -2.24. The van der Waals surface area contributed by atoms with Crippen molar-refractivity contribution in [2.45, 2.75) is 13.0 Å². The van der Waals surface area contributed by atoms with E-state index in [0.717, 1.165) is 5.56 Å². The van der Waals surface area contributed by atoms with E-state index in [1.165, 1.54) is 12.5 Å². The fourth-order valence-electron chi connectivity index (χ4n) is 2.27. The molecule has 2 heterocycles. The molecule has 5 nitrogen and oxygen atoms in total. The number of benzene rings is 1. The van der Waals surface area contributed by atoms with Gasteiger partial charge in [-0.15, -0.1) is 0 Å². The lowest BCUT2D eigenvalue weighted by Gasteiger charge is -2.18. The number of nitrogens with zero attached hydrogens (tertiary/aromatic N) is 2. The zero-order chi connectivity index (χ0) is 16.4. The van der Waals surface area contributed by atoms with Crippen LogP contribution in [0.15, 0.2) is 53.5 Å². The number of hydrogen-bond donors (Lipinski definition) is 1. The van der Waals surface area contributed by atoms with Crippen LogP contribution in [-0.4, -0.2) is 15.7 Å². The molecule has 1 N–H and O–H groups in total. The second-order valence-electron chi connectivity index (χ2n) is 4.97. The van der Waals surface area contributed by atoms with Crippen molar-refractivity contribution in [3.63, 3.8) is 0 Å². The third kappa shape index (κ3) is 3.25. The molecule has 3 rings (SSSR count). The van der Waals surface area contributed by atoms with E-state index in [9.17, 15) is 4.79 Å². The number of furan rings is 1. The Kier molecular flexibility index (Phi) is 4.41. The Morgan fingerprint density at radius 1 is 1.30 bits per heavy atom. The van der Waals surface area contributed by atoms with Crippen LogP contribution in [-0.2, 0) is 0 Å². The van der Waals surface area contributed by atoms with Gasteiger partial charge in [0, 0.05) is 16.1 Å². The summed E-state index contributed by atoms with van der Waals surface area (Å²) in [5, 5.41) is 8.26. The summed E-state index contributed by atoms with van der Waals surface area (Å²) in [4.78, 5) is 12.1. The summed E-state index contributed by atoms with van der Waals surface area (Å²) in [6, 6.07) is 8.36. The van der Waals surface area contributed by atoms with Gasteiger partial charge in [0.05, 0.1) is 24.1 Å². The first kappa shape index (κ1) is 15.6. The Labute approximate surface area is 142 Å². The number of carbonyl (C=O) groups excluding carboxylic acids is 1. The maximum Gasteiger partial charge on any atom is 0.260 e. The zero-order valence-electron chi connectivity index (χ0n) is 12.2. The molecule has 0 aliphatic carbocycles. The highest BCUT2D eigenvalue weighted by atomic mass is 35.5. The molecule has 3 aromatic rings. The molecule has 0 fully saturated rings. The Morgan fingerprint density at radius 2 is 2.13 bits per heavy atom. The summed E-state index contributed by atoms with van der Waals surface area (Å²) in [6.07, 6.45) is 4.44. The third-order valence-electron chi connectivity index (χ3n) is 3.47. The largest absolute Gasteiger partial charge is 0.472 e.